The van der Waals surface area contributed by atoms with Gasteiger partial charge in [0.1, 0.15) is 5.75 Å². The molecule has 31 heavy (non-hydrogen) atoms. The summed E-state index contributed by atoms with van der Waals surface area (Å²) in [6.45, 7) is 3.17. The molecule has 1 N–H and O–H groups in total. The average Bonchev–Trinajstić information content (AvgIpc) is 2.81. The Bertz CT molecular complexity index is 873. The SMILES string of the molecule is CN1CCCCC1CCOc1ccc2c3c(ccc2c1)CCNC3CC1CCCCC1. The first-order valence-corrected chi connectivity index (χ1v) is 12.9. The van der Waals surface area contributed by atoms with E-state index in [1.165, 1.54) is 75.1 Å². The molecule has 2 aliphatic heterocycles. The van der Waals surface area contributed by atoms with Gasteiger partial charge < -0.3 is 15.0 Å². The lowest BCUT2D eigenvalue weighted by Gasteiger charge is -2.33. The third kappa shape index (κ3) is 4.93. The molecular weight excluding hydrogens is 380 g/mol. The van der Waals surface area contributed by atoms with Gasteiger partial charge in [-0.2, -0.15) is 0 Å². The number of benzene rings is 2. The van der Waals surface area contributed by atoms with Gasteiger partial charge in [0.05, 0.1) is 6.61 Å². The fraction of sp³-hybridized carbons (Fsp3) is 0.643. The highest BCUT2D eigenvalue weighted by Gasteiger charge is 2.26. The summed E-state index contributed by atoms with van der Waals surface area (Å²) in [7, 11) is 2.26. The molecule has 1 saturated heterocycles. The van der Waals surface area contributed by atoms with Crippen LogP contribution in [0.3, 0.4) is 0 Å². The van der Waals surface area contributed by atoms with Gasteiger partial charge in [-0.3, -0.25) is 0 Å². The molecule has 2 atom stereocenters. The van der Waals surface area contributed by atoms with Gasteiger partial charge in [-0.1, -0.05) is 56.7 Å². The van der Waals surface area contributed by atoms with E-state index >= 15 is 0 Å². The van der Waals surface area contributed by atoms with Crippen molar-refractivity contribution in [2.45, 2.75) is 82.7 Å². The normalized spacial score (nSPS) is 25.5. The maximum absolute atomic E-state index is 6.22. The molecular formula is C28H40N2O. The largest absolute Gasteiger partial charge is 0.494 e. The molecule has 0 radical (unpaired) electrons. The van der Waals surface area contributed by atoms with Crippen LogP contribution in [0.15, 0.2) is 30.3 Å². The smallest absolute Gasteiger partial charge is 0.119 e. The number of nitrogens with one attached hydrogen (secondary N) is 1. The summed E-state index contributed by atoms with van der Waals surface area (Å²) >= 11 is 0. The van der Waals surface area contributed by atoms with E-state index < -0.39 is 0 Å². The fourth-order valence-electron chi connectivity index (χ4n) is 6.36. The van der Waals surface area contributed by atoms with E-state index in [2.05, 4.69) is 47.6 Å². The first kappa shape index (κ1) is 21.3. The molecule has 0 bridgehead atoms. The van der Waals surface area contributed by atoms with Crippen LogP contribution >= 0.6 is 0 Å². The third-order valence-electron chi connectivity index (χ3n) is 8.19. The minimum absolute atomic E-state index is 0.518. The highest BCUT2D eigenvalue weighted by Crippen LogP contribution is 2.38. The van der Waals surface area contributed by atoms with Crippen LogP contribution in [0.2, 0.25) is 0 Å². The summed E-state index contributed by atoms with van der Waals surface area (Å²) in [5.74, 6) is 1.92. The van der Waals surface area contributed by atoms with Crippen molar-refractivity contribution in [3.63, 3.8) is 0 Å². The fourth-order valence-corrected chi connectivity index (χ4v) is 6.36. The lowest BCUT2D eigenvalue weighted by atomic mass is 9.80. The molecule has 168 valence electrons. The molecule has 1 saturated carbocycles. The third-order valence-corrected chi connectivity index (χ3v) is 8.19. The Hall–Kier alpha value is -1.58. The van der Waals surface area contributed by atoms with Crippen LogP contribution in [-0.4, -0.2) is 37.7 Å². The number of rotatable bonds is 6. The second kappa shape index (κ2) is 9.92. The topological polar surface area (TPSA) is 24.5 Å². The molecule has 2 aromatic carbocycles. The summed E-state index contributed by atoms with van der Waals surface area (Å²) in [6, 6.07) is 12.7. The van der Waals surface area contributed by atoms with Crippen LogP contribution < -0.4 is 10.1 Å². The van der Waals surface area contributed by atoms with E-state index in [1.807, 2.05) is 0 Å². The average molecular weight is 421 g/mol. The zero-order valence-electron chi connectivity index (χ0n) is 19.4. The van der Waals surface area contributed by atoms with Gasteiger partial charge in [0, 0.05) is 12.1 Å². The Kier molecular flexibility index (Phi) is 6.81. The molecule has 2 unspecified atom stereocenters. The quantitative estimate of drug-likeness (QED) is 0.598. The van der Waals surface area contributed by atoms with Gasteiger partial charge in [-0.15, -0.1) is 0 Å². The summed E-state index contributed by atoms with van der Waals surface area (Å²) in [5, 5.41) is 6.64. The van der Waals surface area contributed by atoms with Crippen molar-refractivity contribution in [3.8, 4) is 5.75 Å². The molecule has 0 aromatic heterocycles. The van der Waals surface area contributed by atoms with Crippen molar-refractivity contribution in [2.24, 2.45) is 5.92 Å². The van der Waals surface area contributed by atoms with E-state index in [0.717, 1.165) is 37.7 Å². The van der Waals surface area contributed by atoms with E-state index in [-0.39, 0.29) is 0 Å². The highest BCUT2D eigenvalue weighted by molar-refractivity contribution is 5.88. The Balaban J connectivity index is 1.29. The van der Waals surface area contributed by atoms with E-state index in [0.29, 0.717) is 12.1 Å². The molecule has 3 heteroatoms. The van der Waals surface area contributed by atoms with Gasteiger partial charge in [0.2, 0.25) is 0 Å². The summed E-state index contributed by atoms with van der Waals surface area (Å²) < 4.78 is 6.22. The maximum Gasteiger partial charge on any atom is 0.119 e. The lowest BCUT2D eigenvalue weighted by molar-refractivity contribution is 0.153. The van der Waals surface area contributed by atoms with E-state index in [4.69, 9.17) is 4.74 Å². The molecule has 2 aromatic rings. The second-order valence-corrected chi connectivity index (χ2v) is 10.3. The molecule has 0 spiro atoms. The maximum atomic E-state index is 6.22. The molecule has 5 rings (SSSR count). The molecule has 3 aliphatic rings. The molecule has 0 amide bonds. The number of likely N-dealkylation sites (tertiary alicyclic amines) is 1. The predicted octanol–water partition coefficient (Wildman–Crippen LogP) is 6.25. The van der Waals surface area contributed by atoms with Crippen LogP contribution in [-0.2, 0) is 6.42 Å². The standard InChI is InChI=1S/C28H40N2O/c1-30-17-6-5-9-24(30)15-18-31-25-12-13-26-23(20-25)11-10-22-14-16-29-27(28(22)26)19-21-7-3-2-4-8-21/h10-13,20-21,24,27,29H,2-9,14-19H2,1H3. The number of nitrogens with zero attached hydrogens (tertiary/aromatic N) is 1. The zero-order valence-corrected chi connectivity index (χ0v) is 19.4. The van der Waals surface area contributed by atoms with Crippen LogP contribution in [0.5, 0.6) is 5.75 Å². The molecule has 2 fully saturated rings. The number of ether oxygens (including phenoxy) is 1. The summed E-state index contributed by atoms with van der Waals surface area (Å²) in [6.07, 6.45) is 14.8. The Morgan fingerprint density at radius 1 is 1.00 bits per heavy atom. The van der Waals surface area contributed by atoms with Crippen molar-refractivity contribution in [1.82, 2.24) is 10.2 Å². The number of hydrogen-bond acceptors (Lipinski definition) is 3. The summed E-state index contributed by atoms with van der Waals surface area (Å²) in [5.41, 5.74) is 3.13. The van der Waals surface area contributed by atoms with E-state index in [1.54, 1.807) is 11.1 Å². The van der Waals surface area contributed by atoms with Crippen molar-refractivity contribution in [2.75, 3.05) is 26.7 Å². The monoisotopic (exact) mass is 420 g/mol. The minimum Gasteiger partial charge on any atom is -0.494 e. The molecule has 3 nitrogen and oxygen atoms in total. The second-order valence-electron chi connectivity index (χ2n) is 10.3. The first-order valence-electron chi connectivity index (χ1n) is 12.9. The number of hydrogen-bond donors (Lipinski definition) is 1. The first-order chi connectivity index (χ1) is 15.3. The predicted molar refractivity (Wildman–Crippen MR) is 130 cm³/mol. The van der Waals surface area contributed by atoms with Crippen LogP contribution in [0.4, 0.5) is 0 Å². The van der Waals surface area contributed by atoms with Crippen LogP contribution in [0.25, 0.3) is 10.8 Å². The molecule has 1 aliphatic carbocycles. The Morgan fingerprint density at radius 3 is 2.74 bits per heavy atom. The van der Waals surface area contributed by atoms with Gasteiger partial charge in [0.25, 0.3) is 0 Å². The number of piperidine rings is 1. The van der Waals surface area contributed by atoms with E-state index in [9.17, 15) is 0 Å². The van der Waals surface area contributed by atoms with Crippen molar-refractivity contribution in [1.29, 1.82) is 0 Å². The Morgan fingerprint density at radius 2 is 1.87 bits per heavy atom. The van der Waals surface area contributed by atoms with Gasteiger partial charge in [0.15, 0.2) is 0 Å². The molecule has 2 heterocycles. The Labute approximate surface area is 188 Å². The van der Waals surface area contributed by atoms with Gasteiger partial charge >= 0.3 is 0 Å². The minimum atomic E-state index is 0.518. The van der Waals surface area contributed by atoms with Crippen LogP contribution in [0.1, 0.15) is 81.4 Å². The van der Waals surface area contributed by atoms with Crippen molar-refractivity contribution < 1.29 is 4.74 Å². The van der Waals surface area contributed by atoms with Gasteiger partial charge in [-0.25, -0.2) is 0 Å². The van der Waals surface area contributed by atoms with Crippen molar-refractivity contribution >= 4 is 10.8 Å². The highest BCUT2D eigenvalue weighted by atomic mass is 16.5. The zero-order chi connectivity index (χ0) is 21.0. The summed E-state index contributed by atoms with van der Waals surface area (Å²) in [4.78, 5) is 2.51. The van der Waals surface area contributed by atoms with Crippen LogP contribution in [0, 0.1) is 5.92 Å². The number of fused-ring (bicyclic) bond motifs is 3. The van der Waals surface area contributed by atoms with Gasteiger partial charge in [-0.05, 0) is 92.2 Å². The lowest BCUT2D eigenvalue weighted by Crippen LogP contribution is -2.37. The van der Waals surface area contributed by atoms with Crippen molar-refractivity contribution in [3.05, 3.63) is 41.5 Å².